The van der Waals surface area contributed by atoms with Gasteiger partial charge in [0.15, 0.2) is 5.96 Å². The number of rotatable bonds is 13. The summed E-state index contributed by atoms with van der Waals surface area (Å²) in [4.78, 5) is 59.3. The number of nitrogens with two attached hydrogens (primary N) is 3. The Balaban J connectivity index is 1.74. The SMILES string of the molecule is NC(N)=NCCCC(NC(=O)C1CCCN1C(=O)C(N)CO)C(=O)NC(Cc1c[nH]c2ccccc12)C(=O)O. The Labute approximate surface area is 225 Å². The van der Waals surface area contributed by atoms with E-state index in [1.165, 1.54) is 4.90 Å². The molecule has 0 bridgehead atoms. The summed E-state index contributed by atoms with van der Waals surface area (Å²) in [5.74, 6) is -3.18. The Morgan fingerprint density at radius 1 is 1.15 bits per heavy atom. The van der Waals surface area contributed by atoms with E-state index in [9.17, 15) is 29.4 Å². The number of carbonyl (C=O) groups excluding carboxylic acids is 3. The number of benzene rings is 1. The fraction of sp³-hybridized carbons (Fsp3) is 0.480. The highest BCUT2D eigenvalue weighted by Crippen LogP contribution is 2.20. The number of hydrogen-bond donors (Lipinski definition) is 8. The van der Waals surface area contributed by atoms with Gasteiger partial charge in [-0.1, -0.05) is 18.2 Å². The molecule has 2 heterocycles. The molecule has 3 rings (SSSR count). The van der Waals surface area contributed by atoms with Crippen molar-refractivity contribution in [1.29, 1.82) is 0 Å². The van der Waals surface area contributed by atoms with Crippen LogP contribution in [-0.2, 0) is 25.6 Å². The molecule has 4 unspecified atom stereocenters. The maximum absolute atomic E-state index is 13.3. The van der Waals surface area contributed by atoms with Crippen molar-refractivity contribution < 1.29 is 29.4 Å². The molecular weight excluding hydrogens is 508 g/mol. The van der Waals surface area contributed by atoms with Crippen molar-refractivity contribution in [1.82, 2.24) is 20.5 Å². The van der Waals surface area contributed by atoms with Gasteiger partial charge in [0.05, 0.1) is 6.61 Å². The monoisotopic (exact) mass is 544 g/mol. The van der Waals surface area contributed by atoms with Gasteiger partial charge in [-0.2, -0.15) is 0 Å². The number of amides is 3. The molecule has 3 amide bonds. The lowest BCUT2D eigenvalue weighted by Gasteiger charge is -2.28. The molecule has 4 atom stereocenters. The number of aliphatic carboxylic acids is 1. The third-order valence-corrected chi connectivity index (χ3v) is 6.64. The molecular formula is C25H36N8O6. The normalized spacial score (nSPS) is 17.3. The topological polar surface area (TPSA) is 242 Å². The quantitative estimate of drug-likeness (QED) is 0.0798. The van der Waals surface area contributed by atoms with E-state index < -0.39 is 54.5 Å². The molecule has 39 heavy (non-hydrogen) atoms. The lowest BCUT2D eigenvalue weighted by atomic mass is 10.0. The van der Waals surface area contributed by atoms with Crippen LogP contribution in [0.5, 0.6) is 0 Å². The zero-order valence-corrected chi connectivity index (χ0v) is 21.5. The van der Waals surface area contributed by atoms with Crippen molar-refractivity contribution in [2.75, 3.05) is 19.7 Å². The number of carboxylic acids is 1. The van der Waals surface area contributed by atoms with Crippen LogP contribution in [0, 0.1) is 0 Å². The van der Waals surface area contributed by atoms with E-state index >= 15 is 0 Å². The lowest BCUT2D eigenvalue weighted by Crippen LogP contribution is -2.57. The van der Waals surface area contributed by atoms with Gasteiger partial charge in [0.2, 0.25) is 17.7 Å². The number of aromatic nitrogens is 1. The number of nitrogens with zero attached hydrogens (tertiary/aromatic N) is 2. The van der Waals surface area contributed by atoms with Crippen LogP contribution in [0.4, 0.5) is 0 Å². The second-order valence-electron chi connectivity index (χ2n) is 9.45. The summed E-state index contributed by atoms with van der Waals surface area (Å²) in [5.41, 5.74) is 17.9. The molecule has 11 N–H and O–H groups in total. The maximum atomic E-state index is 13.3. The highest BCUT2D eigenvalue weighted by Gasteiger charge is 2.37. The fourth-order valence-electron chi connectivity index (χ4n) is 4.63. The molecule has 0 saturated carbocycles. The first kappa shape index (κ1) is 29.4. The van der Waals surface area contributed by atoms with Crippen molar-refractivity contribution >= 4 is 40.6 Å². The van der Waals surface area contributed by atoms with Crippen molar-refractivity contribution in [3.8, 4) is 0 Å². The number of nitrogens with one attached hydrogen (secondary N) is 3. The van der Waals surface area contributed by atoms with Crippen molar-refractivity contribution in [3.05, 3.63) is 36.0 Å². The molecule has 1 aromatic carbocycles. The molecule has 0 aliphatic carbocycles. The molecule has 1 aliphatic rings. The molecule has 2 aromatic rings. The molecule has 1 saturated heterocycles. The van der Waals surface area contributed by atoms with Crippen LogP contribution in [0.25, 0.3) is 10.9 Å². The second kappa shape index (κ2) is 13.6. The van der Waals surface area contributed by atoms with Crippen molar-refractivity contribution in [3.63, 3.8) is 0 Å². The highest BCUT2D eigenvalue weighted by atomic mass is 16.4. The van der Waals surface area contributed by atoms with Gasteiger partial charge in [-0.3, -0.25) is 19.4 Å². The number of carboxylic acid groups (broad SMARTS) is 1. The van der Waals surface area contributed by atoms with Crippen LogP contribution in [-0.4, -0.2) is 93.6 Å². The van der Waals surface area contributed by atoms with Gasteiger partial charge in [-0.25, -0.2) is 4.79 Å². The van der Waals surface area contributed by atoms with E-state index in [2.05, 4.69) is 20.6 Å². The number of likely N-dealkylation sites (tertiary alicyclic amines) is 1. The Morgan fingerprint density at radius 2 is 1.90 bits per heavy atom. The van der Waals surface area contributed by atoms with Crippen LogP contribution < -0.4 is 27.8 Å². The number of guanidine groups is 1. The summed E-state index contributed by atoms with van der Waals surface area (Å²) >= 11 is 0. The minimum absolute atomic E-state index is 0.0176. The molecule has 14 nitrogen and oxygen atoms in total. The summed E-state index contributed by atoms with van der Waals surface area (Å²) < 4.78 is 0. The molecule has 0 spiro atoms. The standard InChI is InChI=1S/C25H36N8O6/c26-16(13-34)23(37)33-10-4-8-20(33)22(36)31-18(7-3-9-29-25(27)28)21(35)32-19(24(38)39)11-14-12-30-17-6-2-1-5-15(14)17/h1-2,5-6,12,16,18-20,30,34H,3-4,7-11,13,26H2,(H,31,36)(H,32,35)(H,38,39)(H4,27,28,29). The van der Waals surface area contributed by atoms with E-state index in [0.717, 1.165) is 10.9 Å². The summed E-state index contributed by atoms with van der Waals surface area (Å²) in [6.45, 7) is -0.0801. The number of para-hydroxylation sites is 1. The number of aliphatic hydroxyl groups is 1. The van der Waals surface area contributed by atoms with Crippen LogP contribution in [0.3, 0.4) is 0 Å². The van der Waals surface area contributed by atoms with E-state index in [-0.39, 0.29) is 31.9 Å². The van der Waals surface area contributed by atoms with E-state index in [1.807, 2.05) is 24.3 Å². The van der Waals surface area contributed by atoms with Crippen molar-refractivity contribution in [2.24, 2.45) is 22.2 Å². The number of aliphatic hydroxyl groups excluding tert-OH is 1. The number of H-pyrrole nitrogens is 1. The van der Waals surface area contributed by atoms with E-state index in [4.69, 9.17) is 17.2 Å². The Kier molecular flexibility index (Phi) is 10.2. The number of fused-ring (bicyclic) bond motifs is 1. The average Bonchev–Trinajstić information content (AvgIpc) is 3.56. The molecule has 212 valence electrons. The Hall–Kier alpha value is -4.17. The zero-order valence-electron chi connectivity index (χ0n) is 21.5. The highest BCUT2D eigenvalue weighted by molar-refractivity contribution is 5.94. The van der Waals surface area contributed by atoms with Gasteiger partial charge in [-0.15, -0.1) is 0 Å². The number of hydrogen-bond acceptors (Lipinski definition) is 7. The first-order chi connectivity index (χ1) is 18.6. The van der Waals surface area contributed by atoms with Gasteiger partial charge in [0, 0.05) is 36.6 Å². The maximum Gasteiger partial charge on any atom is 0.326 e. The number of carbonyl (C=O) groups is 4. The second-order valence-corrected chi connectivity index (χ2v) is 9.45. The fourth-order valence-corrected chi connectivity index (χ4v) is 4.63. The Morgan fingerprint density at radius 3 is 2.59 bits per heavy atom. The summed E-state index contributed by atoms with van der Waals surface area (Å²) in [6, 6.07) is 3.00. The predicted molar refractivity (Wildman–Crippen MR) is 143 cm³/mol. The van der Waals surface area contributed by atoms with Crippen LogP contribution >= 0.6 is 0 Å². The summed E-state index contributed by atoms with van der Waals surface area (Å²) in [6.07, 6.45) is 3.06. The smallest absolute Gasteiger partial charge is 0.326 e. The third kappa shape index (κ3) is 7.67. The third-order valence-electron chi connectivity index (χ3n) is 6.64. The van der Waals surface area contributed by atoms with Crippen LogP contribution in [0.15, 0.2) is 35.5 Å². The first-order valence-corrected chi connectivity index (χ1v) is 12.7. The molecule has 1 aromatic heterocycles. The van der Waals surface area contributed by atoms with Gasteiger partial charge >= 0.3 is 5.97 Å². The minimum atomic E-state index is -1.26. The average molecular weight is 545 g/mol. The zero-order chi connectivity index (χ0) is 28.5. The van der Waals surface area contributed by atoms with Gasteiger partial charge in [-0.05, 0) is 37.3 Å². The van der Waals surface area contributed by atoms with Crippen molar-refractivity contribution in [2.45, 2.75) is 56.3 Å². The van der Waals surface area contributed by atoms with E-state index in [0.29, 0.717) is 24.8 Å². The summed E-state index contributed by atoms with van der Waals surface area (Å²) in [7, 11) is 0. The predicted octanol–water partition coefficient (Wildman–Crippen LogP) is -1.87. The molecule has 14 heteroatoms. The van der Waals surface area contributed by atoms with Gasteiger partial charge in [0.1, 0.15) is 24.2 Å². The van der Waals surface area contributed by atoms with Crippen LogP contribution in [0.1, 0.15) is 31.2 Å². The lowest BCUT2D eigenvalue weighted by molar-refractivity contribution is -0.143. The molecule has 1 fully saturated rings. The first-order valence-electron chi connectivity index (χ1n) is 12.7. The van der Waals surface area contributed by atoms with E-state index in [1.54, 1.807) is 6.20 Å². The van der Waals surface area contributed by atoms with Crippen LogP contribution in [0.2, 0.25) is 0 Å². The number of aliphatic imine (C=N–C) groups is 1. The molecule has 0 radical (unpaired) electrons. The minimum Gasteiger partial charge on any atom is -0.480 e. The summed E-state index contributed by atoms with van der Waals surface area (Å²) in [5, 5.41) is 25.1. The van der Waals surface area contributed by atoms with Gasteiger partial charge in [0.25, 0.3) is 0 Å². The largest absolute Gasteiger partial charge is 0.480 e. The molecule has 1 aliphatic heterocycles. The Bertz CT molecular complexity index is 1210. The number of aromatic amines is 1. The van der Waals surface area contributed by atoms with Gasteiger partial charge < -0.3 is 47.9 Å².